The summed E-state index contributed by atoms with van der Waals surface area (Å²) in [5.74, 6) is 0.165. The first kappa shape index (κ1) is 10.3. The van der Waals surface area contributed by atoms with Crippen LogP contribution in [-0.2, 0) is 9.59 Å². The fourth-order valence-electron chi connectivity index (χ4n) is 0.904. The molecule has 0 aromatic heterocycles. The van der Waals surface area contributed by atoms with Crippen LogP contribution in [0.15, 0.2) is 0 Å². The van der Waals surface area contributed by atoms with E-state index >= 15 is 0 Å². The first-order chi connectivity index (χ1) is 5.16. The van der Waals surface area contributed by atoms with Crippen molar-refractivity contribution in [2.24, 2.45) is 0 Å². The monoisotopic (exact) mass is 157 g/mol. The van der Waals surface area contributed by atoms with Crippen LogP contribution in [0.4, 0.5) is 0 Å². The summed E-state index contributed by atoms with van der Waals surface area (Å²) < 4.78 is 0. The highest BCUT2D eigenvalue weighted by molar-refractivity contribution is 5.77. The lowest BCUT2D eigenvalue weighted by Crippen LogP contribution is -2.25. The van der Waals surface area contributed by atoms with Crippen molar-refractivity contribution >= 4 is 12.1 Å². The Morgan fingerprint density at radius 3 is 2.64 bits per heavy atom. The number of Topliss-reactive ketones (excluding diaryl/α,β-unsaturated/α-hetero) is 1. The Morgan fingerprint density at radius 1 is 1.55 bits per heavy atom. The van der Waals surface area contributed by atoms with E-state index in [9.17, 15) is 9.59 Å². The molecule has 0 heterocycles. The molecule has 0 unspecified atom stereocenters. The average molecular weight is 157 g/mol. The van der Waals surface area contributed by atoms with Crippen molar-refractivity contribution in [2.45, 2.75) is 19.8 Å². The summed E-state index contributed by atoms with van der Waals surface area (Å²) in [6, 6.07) is 0. The number of ketones is 1. The molecule has 0 aromatic carbocycles. The standard InChI is InChI=1S/C8H15NO2/c1-8(11)7-9(2)5-3-4-6-10/h6H,3-5,7H2,1-2H3. The molecule has 0 aliphatic rings. The number of carbonyl (C=O) groups excluding carboxylic acids is 2. The predicted octanol–water partition coefficient (Wildman–Crippen LogP) is 0.486. The minimum absolute atomic E-state index is 0.165. The molecule has 0 radical (unpaired) electrons. The second-order valence-corrected chi connectivity index (χ2v) is 2.75. The number of aldehydes is 1. The number of rotatable bonds is 6. The van der Waals surface area contributed by atoms with Gasteiger partial charge in [0.1, 0.15) is 12.1 Å². The molecule has 0 atom stereocenters. The van der Waals surface area contributed by atoms with Gasteiger partial charge in [-0.1, -0.05) is 0 Å². The molecule has 0 rings (SSSR count). The zero-order chi connectivity index (χ0) is 8.69. The maximum Gasteiger partial charge on any atom is 0.143 e. The summed E-state index contributed by atoms with van der Waals surface area (Å²) >= 11 is 0. The van der Waals surface area contributed by atoms with Crippen LogP contribution < -0.4 is 0 Å². The Kier molecular flexibility index (Phi) is 5.65. The summed E-state index contributed by atoms with van der Waals surface area (Å²) in [5.41, 5.74) is 0. The van der Waals surface area contributed by atoms with Crippen LogP contribution in [-0.4, -0.2) is 37.1 Å². The van der Waals surface area contributed by atoms with E-state index in [1.165, 1.54) is 0 Å². The topological polar surface area (TPSA) is 37.4 Å². The molecule has 64 valence electrons. The van der Waals surface area contributed by atoms with E-state index < -0.39 is 0 Å². The van der Waals surface area contributed by atoms with Crippen LogP contribution in [0, 0.1) is 0 Å². The van der Waals surface area contributed by atoms with Crippen molar-refractivity contribution in [3.05, 3.63) is 0 Å². The van der Waals surface area contributed by atoms with Gasteiger partial charge in [0.25, 0.3) is 0 Å². The highest BCUT2D eigenvalue weighted by Gasteiger charge is 1.99. The number of hydrogen-bond acceptors (Lipinski definition) is 3. The molecule has 0 aliphatic heterocycles. The molecule has 0 saturated carbocycles. The van der Waals surface area contributed by atoms with Crippen molar-refractivity contribution in [3.63, 3.8) is 0 Å². The van der Waals surface area contributed by atoms with Crippen LogP contribution in [0.2, 0.25) is 0 Å². The molecule has 3 nitrogen and oxygen atoms in total. The van der Waals surface area contributed by atoms with Gasteiger partial charge in [-0.25, -0.2) is 0 Å². The van der Waals surface area contributed by atoms with E-state index in [1.807, 2.05) is 11.9 Å². The second kappa shape index (κ2) is 6.04. The SMILES string of the molecule is CC(=O)CN(C)CCCC=O. The summed E-state index contributed by atoms with van der Waals surface area (Å²) in [6.45, 7) is 2.87. The van der Waals surface area contributed by atoms with E-state index in [1.54, 1.807) is 6.92 Å². The van der Waals surface area contributed by atoms with E-state index in [0.29, 0.717) is 13.0 Å². The van der Waals surface area contributed by atoms with Gasteiger partial charge in [-0.3, -0.25) is 9.69 Å². The number of likely N-dealkylation sites (N-methyl/N-ethyl adjacent to an activating group) is 1. The van der Waals surface area contributed by atoms with Crippen LogP contribution in [0.3, 0.4) is 0 Å². The van der Waals surface area contributed by atoms with Gasteiger partial charge in [-0.05, 0) is 26.9 Å². The van der Waals surface area contributed by atoms with Crippen molar-refractivity contribution < 1.29 is 9.59 Å². The second-order valence-electron chi connectivity index (χ2n) is 2.75. The lowest BCUT2D eigenvalue weighted by Gasteiger charge is -2.12. The Balaban J connectivity index is 3.28. The summed E-state index contributed by atoms with van der Waals surface area (Å²) in [4.78, 5) is 22.4. The lowest BCUT2D eigenvalue weighted by molar-refractivity contribution is -0.117. The molecule has 3 heteroatoms. The lowest BCUT2D eigenvalue weighted by atomic mass is 10.3. The van der Waals surface area contributed by atoms with Crippen molar-refractivity contribution in [2.75, 3.05) is 20.1 Å². The smallest absolute Gasteiger partial charge is 0.143 e. The van der Waals surface area contributed by atoms with Gasteiger partial charge in [0, 0.05) is 6.42 Å². The van der Waals surface area contributed by atoms with Gasteiger partial charge in [-0.2, -0.15) is 0 Å². The molecule has 0 spiro atoms. The Labute approximate surface area is 67.4 Å². The third kappa shape index (κ3) is 7.19. The van der Waals surface area contributed by atoms with Gasteiger partial charge < -0.3 is 4.79 Å². The Bertz CT molecular complexity index is 134. The fraction of sp³-hybridized carbons (Fsp3) is 0.750. The molecular formula is C8H15NO2. The zero-order valence-electron chi connectivity index (χ0n) is 7.17. The third-order valence-corrected chi connectivity index (χ3v) is 1.35. The van der Waals surface area contributed by atoms with Crippen molar-refractivity contribution in [1.29, 1.82) is 0 Å². The summed E-state index contributed by atoms with van der Waals surface area (Å²) in [5, 5.41) is 0. The number of carbonyl (C=O) groups is 2. The van der Waals surface area contributed by atoms with Gasteiger partial charge >= 0.3 is 0 Å². The minimum Gasteiger partial charge on any atom is -0.303 e. The fourth-order valence-corrected chi connectivity index (χ4v) is 0.904. The molecule has 0 saturated heterocycles. The number of nitrogens with zero attached hydrogens (tertiary/aromatic N) is 1. The maximum atomic E-state index is 10.6. The first-order valence-corrected chi connectivity index (χ1v) is 3.78. The highest BCUT2D eigenvalue weighted by atomic mass is 16.1. The normalized spacial score (nSPS) is 10.1. The van der Waals surface area contributed by atoms with Gasteiger partial charge in [-0.15, -0.1) is 0 Å². The average Bonchev–Trinajstić information content (AvgIpc) is 1.86. The summed E-state index contributed by atoms with van der Waals surface area (Å²) in [6.07, 6.45) is 2.33. The number of hydrogen-bond donors (Lipinski definition) is 0. The molecule has 0 fully saturated rings. The molecular weight excluding hydrogens is 142 g/mol. The van der Waals surface area contributed by atoms with E-state index in [-0.39, 0.29) is 5.78 Å². The highest BCUT2D eigenvalue weighted by Crippen LogP contribution is 1.89. The van der Waals surface area contributed by atoms with Crippen LogP contribution in [0.1, 0.15) is 19.8 Å². The third-order valence-electron chi connectivity index (χ3n) is 1.35. The predicted molar refractivity (Wildman–Crippen MR) is 43.5 cm³/mol. The van der Waals surface area contributed by atoms with Crippen LogP contribution in [0.25, 0.3) is 0 Å². The van der Waals surface area contributed by atoms with Gasteiger partial charge in [0.2, 0.25) is 0 Å². The van der Waals surface area contributed by atoms with E-state index in [4.69, 9.17) is 0 Å². The maximum absolute atomic E-state index is 10.6. The Morgan fingerprint density at radius 2 is 2.18 bits per heavy atom. The van der Waals surface area contributed by atoms with E-state index in [0.717, 1.165) is 19.3 Å². The van der Waals surface area contributed by atoms with Gasteiger partial charge in [0.05, 0.1) is 6.54 Å². The van der Waals surface area contributed by atoms with Crippen LogP contribution >= 0.6 is 0 Å². The van der Waals surface area contributed by atoms with Gasteiger partial charge in [0.15, 0.2) is 0 Å². The van der Waals surface area contributed by atoms with Crippen LogP contribution in [0.5, 0.6) is 0 Å². The molecule has 0 amide bonds. The quantitative estimate of drug-likeness (QED) is 0.416. The van der Waals surface area contributed by atoms with Crippen molar-refractivity contribution in [1.82, 2.24) is 4.90 Å². The molecule has 0 aromatic rings. The van der Waals surface area contributed by atoms with E-state index in [2.05, 4.69) is 0 Å². The molecule has 0 aliphatic carbocycles. The summed E-state index contributed by atoms with van der Waals surface area (Å²) in [7, 11) is 1.88. The molecule has 11 heavy (non-hydrogen) atoms. The number of unbranched alkanes of at least 4 members (excludes halogenated alkanes) is 1. The molecule has 0 bridgehead atoms. The largest absolute Gasteiger partial charge is 0.303 e. The minimum atomic E-state index is 0.165. The first-order valence-electron chi connectivity index (χ1n) is 3.78. The van der Waals surface area contributed by atoms with Crippen molar-refractivity contribution in [3.8, 4) is 0 Å². The zero-order valence-corrected chi connectivity index (χ0v) is 7.17. The Hall–Kier alpha value is -0.700. The molecule has 0 N–H and O–H groups in total.